The molecular weight excluding hydrogens is 275 g/mol. The van der Waals surface area contributed by atoms with Gasteiger partial charge in [-0.05, 0) is 67.6 Å². The molecule has 3 rings (SSSR count). The van der Waals surface area contributed by atoms with E-state index in [1.165, 1.54) is 36.9 Å². The summed E-state index contributed by atoms with van der Waals surface area (Å²) in [6, 6.07) is 11.8. The first kappa shape index (κ1) is 15.2. The third-order valence-corrected chi connectivity index (χ3v) is 4.57. The van der Waals surface area contributed by atoms with Crippen molar-refractivity contribution in [3.05, 3.63) is 65.7 Å². The van der Waals surface area contributed by atoms with Crippen molar-refractivity contribution >= 4 is 0 Å². The molecule has 1 unspecified atom stereocenters. The normalized spacial score (nSPS) is 19.2. The van der Waals surface area contributed by atoms with E-state index in [9.17, 15) is 4.39 Å². The fourth-order valence-corrected chi connectivity index (χ4v) is 3.30. The Bertz CT molecular complexity index is 568. The van der Waals surface area contributed by atoms with Gasteiger partial charge in [0.25, 0.3) is 0 Å². The molecule has 1 aromatic heterocycles. The summed E-state index contributed by atoms with van der Waals surface area (Å²) < 4.78 is 13.0. The highest BCUT2D eigenvalue weighted by Gasteiger charge is 2.22. The zero-order valence-corrected chi connectivity index (χ0v) is 12.9. The van der Waals surface area contributed by atoms with E-state index in [2.05, 4.69) is 22.0 Å². The van der Waals surface area contributed by atoms with E-state index in [0.717, 1.165) is 19.4 Å². The molecule has 0 spiro atoms. The van der Waals surface area contributed by atoms with Gasteiger partial charge in [0.1, 0.15) is 5.82 Å². The summed E-state index contributed by atoms with van der Waals surface area (Å²) >= 11 is 0. The summed E-state index contributed by atoms with van der Waals surface area (Å²) in [5.74, 6) is -0.155. The quantitative estimate of drug-likeness (QED) is 0.833. The second kappa shape index (κ2) is 7.50. The first-order chi connectivity index (χ1) is 10.8. The summed E-state index contributed by atoms with van der Waals surface area (Å²) in [6.07, 6.45) is 9.73. The van der Waals surface area contributed by atoms with Crippen LogP contribution in [0.2, 0.25) is 0 Å². The molecule has 0 radical (unpaired) electrons. The van der Waals surface area contributed by atoms with Gasteiger partial charge in [-0.2, -0.15) is 0 Å². The second-order valence-corrected chi connectivity index (χ2v) is 6.12. The van der Waals surface area contributed by atoms with Gasteiger partial charge in [-0.1, -0.05) is 18.6 Å². The molecule has 0 bridgehead atoms. The van der Waals surface area contributed by atoms with Crippen molar-refractivity contribution in [2.75, 3.05) is 13.1 Å². The minimum Gasteiger partial charge on any atom is -0.300 e. The summed E-state index contributed by atoms with van der Waals surface area (Å²) in [7, 11) is 0. The Morgan fingerprint density at radius 1 is 1.00 bits per heavy atom. The van der Waals surface area contributed by atoms with Gasteiger partial charge < -0.3 is 0 Å². The van der Waals surface area contributed by atoms with Crippen LogP contribution in [0.4, 0.5) is 4.39 Å². The standard InChI is InChI=1S/C19H23FN2/c20-18-6-4-16(5-7-18)10-14-22-13-2-1-3-19(22)15-17-8-11-21-12-9-17/h4-9,11-12,19H,1-3,10,13-15H2. The highest BCUT2D eigenvalue weighted by atomic mass is 19.1. The summed E-state index contributed by atoms with van der Waals surface area (Å²) in [6.45, 7) is 2.23. The van der Waals surface area contributed by atoms with Crippen LogP contribution in [-0.2, 0) is 12.8 Å². The molecule has 1 atom stereocenters. The number of nitrogens with zero attached hydrogens (tertiary/aromatic N) is 2. The van der Waals surface area contributed by atoms with Crippen molar-refractivity contribution in [2.24, 2.45) is 0 Å². The van der Waals surface area contributed by atoms with E-state index in [-0.39, 0.29) is 5.82 Å². The molecule has 1 fully saturated rings. The maximum atomic E-state index is 13.0. The molecule has 2 nitrogen and oxygen atoms in total. The Morgan fingerprint density at radius 2 is 1.77 bits per heavy atom. The molecule has 0 aliphatic carbocycles. The van der Waals surface area contributed by atoms with Crippen molar-refractivity contribution in [3.8, 4) is 0 Å². The zero-order chi connectivity index (χ0) is 15.2. The second-order valence-electron chi connectivity index (χ2n) is 6.12. The third-order valence-electron chi connectivity index (χ3n) is 4.57. The maximum absolute atomic E-state index is 13.0. The van der Waals surface area contributed by atoms with Crippen LogP contribution >= 0.6 is 0 Å². The Balaban J connectivity index is 1.59. The number of hydrogen-bond acceptors (Lipinski definition) is 2. The molecule has 0 N–H and O–H groups in total. The van der Waals surface area contributed by atoms with Crippen molar-refractivity contribution in [1.29, 1.82) is 0 Å². The van der Waals surface area contributed by atoms with Crippen molar-refractivity contribution in [2.45, 2.75) is 38.1 Å². The van der Waals surface area contributed by atoms with E-state index in [0.29, 0.717) is 6.04 Å². The minimum absolute atomic E-state index is 0.155. The number of aromatic nitrogens is 1. The van der Waals surface area contributed by atoms with Gasteiger partial charge in [-0.25, -0.2) is 4.39 Å². The highest BCUT2D eigenvalue weighted by molar-refractivity contribution is 5.16. The Labute approximate surface area is 132 Å². The SMILES string of the molecule is Fc1ccc(CCN2CCCCC2Cc2ccncc2)cc1. The topological polar surface area (TPSA) is 16.1 Å². The smallest absolute Gasteiger partial charge is 0.123 e. The van der Waals surface area contributed by atoms with Crippen LogP contribution in [0.3, 0.4) is 0 Å². The number of pyridine rings is 1. The van der Waals surface area contributed by atoms with Crippen LogP contribution in [0.25, 0.3) is 0 Å². The number of benzene rings is 1. The van der Waals surface area contributed by atoms with Crippen LogP contribution in [0.5, 0.6) is 0 Å². The minimum atomic E-state index is -0.155. The zero-order valence-electron chi connectivity index (χ0n) is 12.9. The molecule has 2 heterocycles. The predicted molar refractivity (Wildman–Crippen MR) is 87.3 cm³/mol. The lowest BCUT2D eigenvalue weighted by Gasteiger charge is -2.36. The molecule has 116 valence electrons. The molecule has 1 aliphatic heterocycles. The Hall–Kier alpha value is -1.74. The third kappa shape index (κ3) is 4.14. The Morgan fingerprint density at radius 3 is 2.55 bits per heavy atom. The maximum Gasteiger partial charge on any atom is 0.123 e. The summed E-state index contributed by atoms with van der Waals surface area (Å²) in [5.41, 5.74) is 2.59. The van der Waals surface area contributed by atoms with Gasteiger partial charge in [0.2, 0.25) is 0 Å². The molecule has 1 aliphatic rings. The average Bonchev–Trinajstić information content (AvgIpc) is 2.56. The van der Waals surface area contributed by atoms with Crippen LogP contribution in [-0.4, -0.2) is 29.0 Å². The fraction of sp³-hybridized carbons (Fsp3) is 0.421. The van der Waals surface area contributed by atoms with E-state index >= 15 is 0 Å². The molecule has 0 saturated carbocycles. The average molecular weight is 298 g/mol. The molecule has 2 aromatic rings. The molecule has 22 heavy (non-hydrogen) atoms. The molecule has 1 aromatic carbocycles. The van der Waals surface area contributed by atoms with E-state index in [1.807, 2.05) is 24.5 Å². The van der Waals surface area contributed by atoms with Gasteiger partial charge >= 0.3 is 0 Å². The Kier molecular flexibility index (Phi) is 5.17. The first-order valence-corrected chi connectivity index (χ1v) is 8.19. The number of halogens is 1. The largest absolute Gasteiger partial charge is 0.300 e. The number of piperidine rings is 1. The van der Waals surface area contributed by atoms with Gasteiger partial charge in [-0.3, -0.25) is 9.88 Å². The summed E-state index contributed by atoms with van der Waals surface area (Å²) in [5, 5.41) is 0. The monoisotopic (exact) mass is 298 g/mol. The number of hydrogen-bond donors (Lipinski definition) is 0. The number of rotatable bonds is 5. The molecule has 1 saturated heterocycles. The van der Waals surface area contributed by atoms with E-state index < -0.39 is 0 Å². The van der Waals surface area contributed by atoms with E-state index in [1.54, 1.807) is 12.1 Å². The van der Waals surface area contributed by atoms with Crippen LogP contribution in [0, 0.1) is 5.82 Å². The van der Waals surface area contributed by atoms with Crippen LogP contribution < -0.4 is 0 Å². The van der Waals surface area contributed by atoms with Crippen LogP contribution in [0.1, 0.15) is 30.4 Å². The van der Waals surface area contributed by atoms with Crippen molar-refractivity contribution in [1.82, 2.24) is 9.88 Å². The van der Waals surface area contributed by atoms with Gasteiger partial charge in [-0.15, -0.1) is 0 Å². The molecule has 0 amide bonds. The van der Waals surface area contributed by atoms with Gasteiger partial charge in [0.15, 0.2) is 0 Å². The van der Waals surface area contributed by atoms with Crippen molar-refractivity contribution < 1.29 is 4.39 Å². The predicted octanol–water partition coefficient (Wildman–Crippen LogP) is 3.86. The van der Waals surface area contributed by atoms with Crippen molar-refractivity contribution in [3.63, 3.8) is 0 Å². The lowest BCUT2D eigenvalue weighted by atomic mass is 9.95. The fourth-order valence-electron chi connectivity index (χ4n) is 3.30. The van der Waals surface area contributed by atoms with Crippen LogP contribution in [0.15, 0.2) is 48.8 Å². The number of likely N-dealkylation sites (tertiary alicyclic amines) is 1. The lowest BCUT2D eigenvalue weighted by Crippen LogP contribution is -2.42. The first-order valence-electron chi connectivity index (χ1n) is 8.19. The highest BCUT2D eigenvalue weighted by Crippen LogP contribution is 2.21. The van der Waals surface area contributed by atoms with Gasteiger partial charge in [0, 0.05) is 25.0 Å². The summed E-state index contributed by atoms with van der Waals surface area (Å²) in [4.78, 5) is 6.70. The van der Waals surface area contributed by atoms with E-state index in [4.69, 9.17) is 0 Å². The lowest BCUT2D eigenvalue weighted by molar-refractivity contribution is 0.149. The molecular formula is C19H23FN2. The van der Waals surface area contributed by atoms with Gasteiger partial charge in [0.05, 0.1) is 0 Å². The molecule has 3 heteroatoms.